The first-order chi connectivity index (χ1) is 15.0. The maximum absolute atomic E-state index is 12.3. The summed E-state index contributed by atoms with van der Waals surface area (Å²) in [7, 11) is 3.12. The minimum atomic E-state index is -0.208. The van der Waals surface area contributed by atoms with Crippen LogP contribution in [0.1, 0.15) is 5.69 Å². The van der Waals surface area contributed by atoms with Crippen molar-refractivity contribution in [2.45, 2.75) is 10.8 Å². The Morgan fingerprint density at radius 1 is 1.03 bits per heavy atom. The zero-order valence-corrected chi connectivity index (χ0v) is 19.2. The fourth-order valence-electron chi connectivity index (χ4n) is 2.55. The fourth-order valence-corrected chi connectivity index (χ4v) is 4.45. The summed E-state index contributed by atoms with van der Waals surface area (Å²) < 4.78 is 10.9. The van der Waals surface area contributed by atoms with Crippen molar-refractivity contribution in [3.63, 3.8) is 0 Å². The Labute approximate surface area is 193 Å². The van der Waals surface area contributed by atoms with Gasteiger partial charge in [-0.1, -0.05) is 23.4 Å². The van der Waals surface area contributed by atoms with Crippen molar-refractivity contribution in [1.29, 1.82) is 0 Å². The van der Waals surface area contributed by atoms with Crippen molar-refractivity contribution in [2.24, 2.45) is 0 Å². The molecule has 0 unspecified atom stereocenters. The van der Waals surface area contributed by atoms with Gasteiger partial charge >= 0.3 is 0 Å². The summed E-state index contributed by atoms with van der Waals surface area (Å²) in [6.45, 7) is 0. The minimum absolute atomic E-state index is 0.124. The van der Waals surface area contributed by atoms with Crippen LogP contribution < -0.4 is 20.1 Å². The number of ether oxygens (including phenoxy) is 2. The molecule has 0 spiro atoms. The van der Waals surface area contributed by atoms with Crippen LogP contribution in [0.25, 0.3) is 0 Å². The predicted molar refractivity (Wildman–Crippen MR) is 125 cm³/mol. The molecular weight excluding hydrogens is 458 g/mol. The van der Waals surface area contributed by atoms with E-state index in [0.717, 1.165) is 10.1 Å². The largest absolute Gasteiger partial charge is 0.497 e. The van der Waals surface area contributed by atoms with E-state index in [1.54, 1.807) is 49.6 Å². The van der Waals surface area contributed by atoms with Crippen LogP contribution in [0.15, 0.2) is 52.2 Å². The summed E-state index contributed by atoms with van der Waals surface area (Å²) in [5.41, 5.74) is 1.91. The fraction of sp³-hybridized carbons (Fsp3) is 0.190. The lowest BCUT2D eigenvalue weighted by atomic mass is 10.2. The van der Waals surface area contributed by atoms with E-state index < -0.39 is 0 Å². The Kier molecular flexibility index (Phi) is 8.16. The quantitative estimate of drug-likeness (QED) is 0.433. The van der Waals surface area contributed by atoms with Gasteiger partial charge in [0.25, 0.3) is 0 Å². The molecule has 10 heteroatoms. The first-order valence-electron chi connectivity index (χ1n) is 9.11. The van der Waals surface area contributed by atoms with E-state index >= 15 is 0 Å². The van der Waals surface area contributed by atoms with Crippen LogP contribution in [0.2, 0.25) is 5.02 Å². The Balaban J connectivity index is 1.46. The lowest BCUT2D eigenvalue weighted by Crippen LogP contribution is -2.15. The summed E-state index contributed by atoms with van der Waals surface area (Å²) >= 11 is 8.79. The summed E-state index contributed by atoms with van der Waals surface area (Å²) in [6, 6.07) is 12.1. The standard InChI is InChI=1S/C21H20ClN3O4S2/c1-28-16-6-3-13(4-7-16)23-20(27)12-31-21-25-15(11-30-21)10-19(26)24-14-5-8-18(29-2)17(22)9-14/h3-9,11H,10,12H2,1-2H3,(H,23,27)(H,24,26). The van der Waals surface area contributed by atoms with Gasteiger partial charge in [0.15, 0.2) is 4.34 Å². The maximum atomic E-state index is 12.3. The number of carbonyl (C=O) groups is 2. The van der Waals surface area contributed by atoms with Gasteiger partial charge in [0.05, 0.1) is 37.1 Å². The Hall–Kier alpha value is -2.75. The zero-order chi connectivity index (χ0) is 22.2. The topological polar surface area (TPSA) is 89.5 Å². The summed E-state index contributed by atoms with van der Waals surface area (Å²) in [5.74, 6) is 1.13. The molecule has 2 amide bonds. The smallest absolute Gasteiger partial charge is 0.234 e. The predicted octanol–water partition coefficient (Wildman–Crippen LogP) is 4.73. The molecule has 0 radical (unpaired) electrons. The summed E-state index contributed by atoms with van der Waals surface area (Å²) in [5, 5.41) is 7.83. The van der Waals surface area contributed by atoms with Crippen molar-refractivity contribution in [3.05, 3.63) is 58.6 Å². The number of benzene rings is 2. The Morgan fingerprint density at radius 2 is 1.74 bits per heavy atom. The van der Waals surface area contributed by atoms with Gasteiger partial charge in [0.1, 0.15) is 11.5 Å². The lowest BCUT2D eigenvalue weighted by molar-refractivity contribution is -0.116. The van der Waals surface area contributed by atoms with Gasteiger partial charge < -0.3 is 20.1 Å². The first kappa shape index (κ1) is 22.9. The number of rotatable bonds is 9. The molecule has 0 aliphatic rings. The highest BCUT2D eigenvalue weighted by Gasteiger charge is 2.11. The number of hydrogen-bond acceptors (Lipinski definition) is 7. The highest BCUT2D eigenvalue weighted by atomic mass is 35.5. The number of anilines is 2. The van der Waals surface area contributed by atoms with Gasteiger partial charge in [-0.25, -0.2) is 4.98 Å². The monoisotopic (exact) mass is 477 g/mol. The van der Waals surface area contributed by atoms with Crippen LogP contribution in [0, 0.1) is 0 Å². The van der Waals surface area contributed by atoms with Gasteiger partial charge in [-0.2, -0.15) is 0 Å². The average Bonchev–Trinajstić information content (AvgIpc) is 3.20. The SMILES string of the molecule is COc1ccc(NC(=O)CSc2nc(CC(=O)Nc3ccc(OC)c(Cl)c3)cs2)cc1. The molecule has 0 bridgehead atoms. The molecule has 0 saturated carbocycles. The number of aromatic nitrogens is 1. The van der Waals surface area contributed by atoms with Crippen molar-refractivity contribution < 1.29 is 19.1 Å². The van der Waals surface area contributed by atoms with Gasteiger partial charge in [-0.05, 0) is 42.5 Å². The van der Waals surface area contributed by atoms with E-state index in [9.17, 15) is 9.59 Å². The highest BCUT2D eigenvalue weighted by Crippen LogP contribution is 2.27. The number of nitrogens with zero attached hydrogens (tertiary/aromatic N) is 1. The van der Waals surface area contributed by atoms with Crippen LogP contribution in [-0.4, -0.2) is 36.8 Å². The average molecular weight is 478 g/mol. The number of nitrogens with one attached hydrogen (secondary N) is 2. The van der Waals surface area contributed by atoms with E-state index in [1.165, 1.54) is 30.2 Å². The molecule has 1 aromatic heterocycles. The van der Waals surface area contributed by atoms with E-state index in [0.29, 0.717) is 27.8 Å². The maximum Gasteiger partial charge on any atom is 0.234 e. The van der Waals surface area contributed by atoms with Crippen molar-refractivity contribution in [2.75, 3.05) is 30.6 Å². The van der Waals surface area contributed by atoms with Gasteiger partial charge in [-0.3, -0.25) is 9.59 Å². The van der Waals surface area contributed by atoms with Crippen molar-refractivity contribution >= 4 is 57.9 Å². The third-order valence-electron chi connectivity index (χ3n) is 4.01. The number of amides is 2. The normalized spacial score (nSPS) is 10.4. The lowest BCUT2D eigenvalue weighted by Gasteiger charge is -2.07. The molecule has 162 valence electrons. The van der Waals surface area contributed by atoms with Crippen LogP contribution >= 0.6 is 34.7 Å². The molecule has 0 aliphatic carbocycles. The third-order valence-corrected chi connectivity index (χ3v) is 6.37. The van der Waals surface area contributed by atoms with Crippen LogP contribution in [0.4, 0.5) is 11.4 Å². The number of methoxy groups -OCH3 is 2. The summed E-state index contributed by atoms with van der Waals surface area (Å²) in [6.07, 6.45) is 0.124. The molecule has 0 fully saturated rings. The van der Waals surface area contributed by atoms with Crippen molar-refractivity contribution in [3.8, 4) is 11.5 Å². The van der Waals surface area contributed by atoms with Crippen LogP contribution in [-0.2, 0) is 16.0 Å². The molecule has 0 saturated heterocycles. The Bertz CT molecular complexity index is 1060. The van der Waals surface area contributed by atoms with Gasteiger partial charge in [0, 0.05) is 16.8 Å². The Morgan fingerprint density at radius 3 is 2.42 bits per heavy atom. The molecule has 2 aromatic carbocycles. The molecule has 2 N–H and O–H groups in total. The molecular formula is C21H20ClN3O4S2. The molecule has 3 rings (SSSR count). The van der Waals surface area contributed by atoms with Gasteiger partial charge in [-0.15, -0.1) is 11.3 Å². The van der Waals surface area contributed by atoms with E-state index in [-0.39, 0.29) is 24.0 Å². The van der Waals surface area contributed by atoms with Crippen molar-refractivity contribution in [1.82, 2.24) is 4.98 Å². The third kappa shape index (κ3) is 6.88. The molecule has 0 aliphatic heterocycles. The number of hydrogen-bond donors (Lipinski definition) is 2. The van der Waals surface area contributed by atoms with Gasteiger partial charge in [0.2, 0.25) is 11.8 Å². The highest BCUT2D eigenvalue weighted by molar-refractivity contribution is 8.01. The summed E-state index contributed by atoms with van der Waals surface area (Å²) in [4.78, 5) is 28.8. The second-order valence-corrected chi connectivity index (χ2v) is 8.73. The van der Waals surface area contributed by atoms with E-state index in [1.807, 2.05) is 5.38 Å². The van der Waals surface area contributed by atoms with Crippen LogP contribution in [0.5, 0.6) is 11.5 Å². The molecule has 1 heterocycles. The zero-order valence-electron chi connectivity index (χ0n) is 16.8. The minimum Gasteiger partial charge on any atom is -0.497 e. The number of halogens is 1. The first-order valence-corrected chi connectivity index (χ1v) is 11.4. The van der Waals surface area contributed by atoms with E-state index in [2.05, 4.69) is 15.6 Å². The second-order valence-electron chi connectivity index (χ2n) is 6.24. The van der Waals surface area contributed by atoms with E-state index in [4.69, 9.17) is 21.1 Å². The molecule has 31 heavy (non-hydrogen) atoms. The molecule has 3 aromatic rings. The number of thiazole rings is 1. The second kappa shape index (κ2) is 11.0. The number of carbonyl (C=O) groups excluding carboxylic acids is 2. The molecule has 7 nitrogen and oxygen atoms in total. The molecule has 0 atom stereocenters. The number of thioether (sulfide) groups is 1. The van der Waals surface area contributed by atoms with Crippen LogP contribution in [0.3, 0.4) is 0 Å².